The monoisotopic (exact) mass is 289 g/mol. The lowest BCUT2D eigenvalue weighted by Gasteiger charge is -2.14. The fraction of sp³-hybridized carbons (Fsp3) is 0.294. The number of methoxy groups -OCH3 is 2. The van der Waals surface area contributed by atoms with Crippen molar-refractivity contribution in [3.63, 3.8) is 0 Å². The topological polar surface area (TPSA) is 44.5 Å². The van der Waals surface area contributed by atoms with Crippen LogP contribution in [-0.4, -0.2) is 20.8 Å². The Morgan fingerprint density at radius 1 is 1.05 bits per heavy atom. The molecule has 0 radical (unpaired) electrons. The van der Waals surface area contributed by atoms with Gasteiger partial charge in [-0.05, 0) is 35.2 Å². The molecule has 112 valence electrons. The van der Waals surface area contributed by atoms with Gasteiger partial charge in [-0.1, -0.05) is 30.3 Å². The predicted octanol–water partition coefficient (Wildman–Crippen LogP) is 3.07. The molecule has 0 amide bonds. The molecule has 0 saturated heterocycles. The molecule has 1 atom stereocenters. The average molecular weight is 289 g/mol. The molecule has 0 aromatic heterocycles. The molecule has 0 fully saturated rings. The van der Waals surface area contributed by atoms with E-state index in [9.17, 15) is 4.39 Å². The number of rotatable bonds is 6. The van der Waals surface area contributed by atoms with E-state index in [1.165, 1.54) is 18.7 Å². The normalized spacial score (nSPS) is 12.2. The third kappa shape index (κ3) is 3.80. The highest BCUT2D eigenvalue weighted by Gasteiger charge is 2.12. The number of benzene rings is 2. The van der Waals surface area contributed by atoms with E-state index in [0.717, 1.165) is 17.5 Å². The van der Waals surface area contributed by atoms with Crippen LogP contribution in [0.5, 0.6) is 5.75 Å². The first kappa shape index (κ1) is 15.5. The summed E-state index contributed by atoms with van der Waals surface area (Å²) in [5.74, 6) is -0.178. The Balaban J connectivity index is 2.15. The highest BCUT2D eigenvalue weighted by Crippen LogP contribution is 2.25. The van der Waals surface area contributed by atoms with Gasteiger partial charge in [-0.25, -0.2) is 4.39 Å². The summed E-state index contributed by atoms with van der Waals surface area (Å²) >= 11 is 0. The molecular formula is C17H20FNO2. The van der Waals surface area contributed by atoms with Crippen LogP contribution in [0.4, 0.5) is 4.39 Å². The van der Waals surface area contributed by atoms with Gasteiger partial charge >= 0.3 is 0 Å². The van der Waals surface area contributed by atoms with Gasteiger partial charge in [0.05, 0.1) is 19.8 Å². The lowest BCUT2D eigenvalue weighted by molar-refractivity contribution is 0.202. The summed E-state index contributed by atoms with van der Waals surface area (Å²) in [4.78, 5) is 0. The number of halogens is 1. The molecule has 0 aliphatic carbocycles. The van der Waals surface area contributed by atoms with Gasteiger partial charge in [0.25, 0.3) is 0 Å². The Hall–Kier alpha value is -1.91. The zero-order valence-electron chi connectivity index (χ0n) is 12.3. The van der Waals surface area contributed by atoms with E-state index in [0.29, 0.717) is 6.61 Å². The van der Waals surface area contributed by atoms with E-state index in [4.69, 9.17) is 15.2 Å². The van der Waals surface area contributed by atoms with Gasteiger partial charge in [-0.2, -0.15) is 0 Å². The first-order valence-electron chi connectivity index (χ1n) is 6.82. The van der Waals surface area contributed by atoms with Crippen molar-refractivity contribution in [1.29, 1.82) is 0 Å². The molecule has 2 aromatic carbocycles. The molecule has 21 heavy (non-hydrogen) atoms. The van der Waals surface area contributed by atoms with Crippen molar-refractivity contribution in [3.05, 3.63) is 65.0 Å². The molecule has 2 aromatic rings. The fourth-order valence-corrected chi connectivity index (χ4v) is 2.18. The average Bonchev–Trinajstić information content (AvgIpc) is 2.52. The minimum atomic E-state index is -0.401. The molecule has 0 aliphatic rings. The number of hydrogen-bond donors (Lipinski definition) is 1. The summed E-state index contributed by atoms with van der Waals surface area (Å²) in [7, 11) is 3.12. The first-order chi connectivity index (χ1) is 10.2. The Labute approximate surface area is 124 Å². The standard InChI is InChI=1S/C17H20FNO2/c1-20-10-9-12-3-5-13(6-4-12)17(19)14-7-8-16(21-2)15(18)11-14/h3-8,11,17H,9-10,19H2,1-2H3. The SMILES string of the molecule is COCCc1ccc(C(N)c2ccc(OC)c(F)c2)cc1. The maximum atomic E-state index is 13.7. The summed E-state index contributed by atoms with van der Waals surface area (Å²) in [5.41, 5.74) is 9.05. The highest BCUT2D eigenvalue weighted by molar-refractivity contribution is 5.37. The summed E-state index contributed by atoms with van der Waals surface area (Å²) in [6, 6.07) is 12.4. The molecule has 3 nitrogen and oxygen atoms in total. The molecule has 2 N–H and O–H groups in total. The van der Waals surface area contributed by atoms with Crippen LogP contribution in [0.1, 0.15) is 22.7 Å². The smallest absolute Gasteiger partial charge is 0.165 e. The minimum Gasteiger partial charge on any atom is -0.494 e. The molecule has 2 rings (SSSR count). The predicted molar refractivity (Wildman–Crippen MR) is 81.0 cm³/mol. The summed E-state index contributed by atoms with van der Waals surface area (Å²) < 4.78 is 23.7. The van der Waals surface area contributed by atoms with E-state index in [2.05, 4.69) is 0 Å². The molecule has 0 bridgehead atoms. The van der Waals surface area contributed by atoms with Gasteiger partial charge in [0.2, 0.25) is 0 Å². The van der Waals surface area contributed by atoms with Gasteiger partial charge in [0.1, 0.15) is 0 Å². The zero-order chi connectivity index (χ0) is 15.2. The van der Waals surface area contributed by atoms with Crippen molar-refractivity contribution in [3.8, 4) is 5.75 Å². The quantitative estimate of drug-likeness (QED) is 0.889. The van der Waals surface area contributed by atoms with Crippen LogP contribution in [0.15, 0.2) is 42.5 Å². The van der Waals surface area contributed by atoms with Gasteiger partial charge < -0.3 is 15.2 Å². The van der Waals surface area contributed by atoms with Crippen molar-refractivity contribution < 1.29 is 13.9 Å². The summed E-state index contributed by atoms with van der Waals surface area (Å²) in [6.45, 7) is 0.690. The maximum Gasteiger partial charge on any atom is 0.165 e. The zero-order valence-corrected chi connectivity index (χ0v) is 12.3. The minimum absolute atomic E-state index is 0.223. The van der Waals surface area contributed by atoms with E-state index in [1.54, 1.807) is 19.2 Å². The van der Waals surface area contributed by atoms with Crippen LogP contribution < -0.4 is 10.5 Å². The number of ether oxygens (including phenoxy) is 2. The van der Waals surface area contributed by atoms with Crippen LogP contribution in [0.2, 0.25) is 0 Å². The van der Waals surface area contributed by atoms with Gasteiger partial charge in [0.15, 0.2) is 11.6 Å². The maximum absolute atomic E-state index is 13.7. The Morgan fingerprint density at radius 3 is 2.29 bits per heavy atom. The van der Waals surface area contributed by atoms with Gasteiger partial charge in [0, 0.05) is 7.11 Å². The van der Waals surface area contributed by atoms with Gasteiger partial charge in [-0.15, -0.1) is 0 Å². The number of hydrogen-bond acceptors (Lipinski definition) is 3. The number of nitrogens with two attached hydrogens (primary N) is 1. The molecule has 0 heterocycles. The molecule has 0 spiro atoms. The summed E-state index contributed by atoms with van der Waals surface area (Å²) in [6.07, 6.45) is 0.864. The van der Waals surface area contributed by atoms with E-state index >= 15 is 0 Å². The fourth-order valence-electron chi connectivity index (χ4n) is 2.18. The second kappa shape index (κ2) is 7.20. The van der Waals surface area contributed by atoms with Crippen molar-refractivity contribution in [2.75, 3.05) is 20.8 Å². The lowest BCUT2D eigenvalue weighted by atomic mass is 9.98. The largest absolute Gasteiger partial charge is 0.494 e. The Bertz CT molecular complexity index is 584. The van der Waals surface area contributed by atoms with Crippen LogP contribution in [0.3, 0.4) is 0 Å². The third-order valence-corrected chi connectivity index (χ3v) is 3.47. The first-order valence-corrected chi connectivity index (χ1v) is 6.82. The van der Waals surface area contributed by atoms with Gasteiger partial charge in [-0.3, -0.25) is 0 Å². The molecule has 1 unspecified atom stereocenters. The highest BCUT2D eigenvalue weighted by atomic mass is 19.1. The summed E-state index contributed by atoms with van der Waals surface area (Å²) in [5, 5.41) is 0. The van der Waals surface area contributed by atoms with Crippen molar-refractivity contribution in [2.45, 2.75) is 12.5 Å². The van der Waals surface area contributed by atoms with Crippen LogP contribution >= 0.6 is 0 Å². The lowest BCUT2D eigenvalue weighted by Crippen LogP contribution is -2.12. The van der Waals surface area contributed by atoms with Crippen molar-refractivity contribution in [2.24, 2.45) is 5.73 Å². The third-order valence-electron chi connectivity index (χ3n) is 3.47. The Kier molecular flexibility index (Phi) is 5.31. The molecule has 0 aliphatic heterocycles. The van der Waals surface area contributed by atoms with Crippen molar-refractivity contribution in [1.82, 2.24) is 0 Å². The van der Waals surface area contributed by atoms with E-state index in [-0.39, 0.29) is 11.8 Å². The van der Waals surface area contributed by atoms with E-state index < -0.39 is 5.82 Å². The molecule has 0 saturated carbocycles. The molecule has 4 heteroatoms. The van der Waals surface area contributed by atoms with E-state index in [1.807, 2.05) is 24.3 Å². The molecular weight excluding hydrogens is 269 g/mol. The second-order valence-electron chi connectivity index (χ2n) is 4.86. The van der Waals surface area contributed by atoms with Crippen LogP contribution in [0.25, 0.3) is 0 Å². The second-order valence-corrected chi connectivity index (χ2v) is 4.86. The van der Waals surface area contributed by atoms with Crippen molar-refractivity contribution >= 4 is 0 Å². The van der Waals surface area contributed by atoms with Crippen LogP contribution in [-0.2, 0) is 11.2 Å². The van der Waals surface area contributed by atoms with Crippen LogP contribution in [0, 0.1) is 5.82 Å². The Morgan fingerprint density at radius 2 is 1.71 bits per heavy atom.